The topological polar surface area (TPSA) is 76.3 Å². The van der Waals surface area contributed by atoms with Gasteiger partial charge in [0.1, 0.15) is 0 Å². The van der Waals surface area contributed by atoms with Gasteiger partial charge in [0.15, 0.2) is 5.16 Å². The van der Waals surface area contributed by atoms with Gasteiger partial charge in [0, 0.05) is 10.6 Å². The Balaban J connectivity index is 1.55. The summed E-state index contributed by atoms with van der Waals surface area (Å²) >= 11 is 6.96. The number of aromatic nitrogens is 2. The smallest absolute Gasteiger partial charge is 0.272 e. The van der Waals surface area contributed by atoms with Crippen LogP contribution in [0.1, 0.15) is 11.1 Å². The second-order valence-corrected chi connectivity index (χ2v) is 8.57. The Morgan fingerprint density at radius 1 is 1.06 bits per heavy atom. The minimum atomic E-state index is -4.55. The van der Waals surface area contributed by atoms with E-state index >= 15 is 0 Å². The summed E-state index contributed by atoms with van der Waals surface area (Å²) in [4.78, 5) is 30.0. The maximum Gasteiger partial charge on any atom is 0.417 e. The molecular formula is C24H16ClF3N4O2S. The standard InChI is InChI=1S/C24H16ClF3N4O2S/c25-16-9-11-17(12-10-16)32-22(34)18-6-2-4-8-20(18)30-23(32)35-14-21(33)31-29-13-15-5-1-3-7-19(15)24(26,27)28/h1-13H,14H2,(H,31,33). The number of benzene rings is 3. The number of halogens is 4. The third-order valence-corrected chi connectivity index (χ3v) is 6.01. The molecule has 0 aliphatic heterocycles. The van der Waals surface area contributed by atoms with Crippen LogP contribution in [0.5, 0.6) is 0 Å². The first-order chi connectivity index (χ1) is 16.7. The molecule has 4 rings (SSSR count). The molecule has 1 heterocycles. The zero-order chi connectivity index (χ0) is 25.0. The predicted molar refractivity (Wildman–Crippen MR) is 130 cm³/mol. The maximum absolute atomic E-state index is 13.2. The quantitative estimate of drug-likeness (QED) is 0.163. The van der Waals surface area contributed by atoms with Gasteiger partial charge in [-0.2, -0.15) is 18.3 Å². The van der Waals surface area contributed by atoms with Gasteiger partial charge in [-0.15, -0.1) is 0 Å². The van der Waals surface area contributed by atoms with E-state index in [4.69, 9.17) is 11.6 Å². The van der Waals surface area contributed by atoms with Crippen LogP contribution in [0.4, 0.5) is 13.2 Å². The van der Waals surface area contributed by atoms with Crippen molar-refractivity contribution in [2.24, 2.45) is 5.10 Å². The highest BCUT2D eigenvalue weighted by Gasteiger charge is 2.32. The highest BCUT2D eigenvalue weighted by molar-refractivity contribution is 7.99. The van der Waals surface area contributed by atoms with Crippen LogP contribution >= 0.6 is 23.4 Å². The fraction of sp³-hybridized carbons (Fsp3) is 0.0833. The van der Waals surface area contributed by atoms with Crippen molar-refractivity contribution in [1.82, 2.24) is 15.0 Å². The van der Waals surface area contributed by atoms with Crippen molar-refractivity contribution < 1.29 is 18.0 Å². The summed E-state index contributed by atoms with van der Waals surface area (Å²) in [6.07, 6.45) is -3.61. The van der Waals surface area contributed by atoms with Crippen LogP contribution < -0.4 is 11.0 Å². The summed E-state index contributed by atoms with van der Waals surface area (Å²) in [5.74, 6) is -0.766. The highest BCUT2D eigenvalue weighted by atomic mass is 35.5. The molecule has 0 bridgehead atoms. The summed E-state index contributed by atoms with van der Waals surface area (Å²) in [5.41, 5.74) is 1.83. The van der Waals surface area contributed by atoms with E-state index < -0.39 is 17.6 Å². The van der Waals surface area contributed by atoms with E-state index in [2.05, 4.69) is 15.5 Å². The first-order valence-electron chi connectivity index (χ1n) is 10.1. The second-order valence-electron chi connectivity index (χ2n) is 7.20. The van der Waals surface area contributed by atoms with Crippen molar-refractivity contribution in [2.75, 3.05) is 5.75 Å². The van der Waals surface area contributed by atoms with Gasteiger partial charge < -0.3 is 0 Å². The van der Waals surface area contributed by atoms with Crippen molar-refractivity contribution in [2.45, 2.75) is 11.3 Å². The van der Waals surface area contributed by atoms with Crippen LogP contribution in [0.15, 0.2) is 87.8 Å². The lowest BCUT2D eigenvalue weighted by Crippen LogP contribution is -2.24. The van der Waals surface area contributed by atoms with Gasteiger partial charge in [0.2, 0.25) is 0 Å². The molecule has 0 spiro atoms. The third kappa shape index (κ3) is 5.72. The summed E-state index contributed by atoms with van der Waals surface area (Å²) in [5, 5.41) is 4.81. The van der Waals surface area contributed by atoms with E-state index in [-0.39, 0.29) is 22.0 Å². The number of hydrogen-bond donors (Lipinski definition) is 1. The van der Waals surface area contributed by atoms with E-state index in [0.717, 1.165) is 24.0 Å². The van der Waals surface area contributed by atoms with Crippen LogP contribution in [-0.2, 0) is 11.0 Å². The molecule has 4 aromatic rings. The SMILES string of the molecule is O=C(CSc1nc2ccccc2c(=O)n1-c1ccc(Cl)cc1)NN=Cc1ccccc1C(F)(F)F. The molecule has 0 aliphatic carbocycles. The average Bonchev–Trinajstić information content (AvgIpc) is 2.83. The number of hydrogen-bond acceptors (Lipinski definition) is 5. The lowest BCUT2D eigenvalue weighted by molar-refractivity contribution is -0.137. The summed E-state index contributed by atoms with van der Waals surface area (Å²) in [6.45, 7) is 0. The molecule has 178 valence electrons. The fourth-order valence-electron chi connectivity index (χ4n) is 3.23. The molecule has 1 amide bonds. The van der Waals surface area contributed by atoms with Crippen molar-refractivity contribution in [1.29, 1.82) is 0 Å². The Morgan fingerprint density at radius 3 is 2.49 bits per heavy atom. The van der Waals surface area contributed by atoms with Crippen molar-refractivity contribution >= 4 is 46.4 Å². The molecule has 1 N–H and O–H groups in total. The molecular weight excluding hydrogens is 501 g/mol. The van der Waals surface area contributed by atoms with E-state index in [1.807, 2.05) is 0 Å². The number of rotatable bonds is 6. The van der Waals surface area contributed by atoms with Crippen LogP contribution in [0.3, 0.4) is 0 Å². The summed E-state index contributed by atoms with van der Waals surface area (Å²) in [7, 11) is 0. The van der Waals surface area contributed by atoms with Crippen molar-refractivity contribution in [3.8, 4) is 5.69 Å². The predicted octanol–water partition coefficient (Wildman–Crippen LogP) is 5.30. The second kappa shape index (κ2) is 10.3. The molecule has 1 aromatic heterocycles. The van der Waals surface area contributed by atoms with Crippen LogP contribution in [0.25, 0.3) is 16.6 Å². The largest absolute Gasteiger partial charge is 0.417 e. The number of carbonyl (C=O) groups is 1. The molecule has 6 nitrogen and oxygen atoms in total. The highest BCUT2D eigenvalue weighted by Crippen LogP contribution is 2.31. The molecule has 0 unspecified atom stereocenters. The van der Waals surface area contributed by atoms with E-state index in [1.165, 1.54) is 22.8 Å². The molecule has 0 aliphatic rings. The van der Waals surface area contributed by atoms with E-state index in [1.54, 1.807) is 48.5 Å². The maximum atomic E-state index is 13.2. The number of alkyl halides is 3. The van der Waals surface area contributed by atoms with E-state index in [9.17, 15) is 22.8 Å². The average molecular weight is 517 g/mol. The number of nitrogens with zero attached hydrogens (tertiary/aromatic N) is 3. The van der Waals surface area contributed by atoms with Gasteiger partial charge in [-0.25, -0.2) is 10.4 Å². The zero-order valence-corrected chi connectivity index (χ0v) is 19.4. The normalized spacial score (nSPS) is 11.8. The lowest BCUT2D eigenvalue weighted by Gasteiger charge is -2.13. The monoisotopic (exact) mass is 516 g/mol. The molecule has 3 aromatic carbocycles. The molecule has 0 radical (unpaired) electrons. The summed E-state index contributed by atoms with van der Waals surface area (Å²) < 4.78 is 40.6. The molecule has 35 heavy (non-hydrogen) atoms. The number of amides is 1. The number of nitrogens with one attached hydrogen (secondary N) is 1. The van der Waals surface area contributed by atoms with Gasteiger partial charge in [-0.1, -0.05) is 53.7 Å². The molecule has 0 atom stereocenters. The number of hydrazone groups is 1. The molecule has 11 heteroatoms. The minimum absolute atomic E-state index is 0.180. The first-order valence-corrected chi connectivity index (χ1v) is 11.5. The fourth-order valence-corrected chi connectivity index (χ4v) is 4.16. The zero-order valence-electron chi connectivity index (χ0n) is 17.8. The van der Waals surface area contributed by atoms with Gasteiger partial charge in [-0.05, 0) is 42.5 Å². The van der Waals surface area contributed by atoms with Crippen LogP contribution in [0.2, 0.25) is 5.02 Å². The Kier molecular flexibility index (Phi) is 7.23. The van der Waals surface area contributed by atoms with Crippen LogP contribution in [0, 0.1) is 0 Å². The number of carbonyl (C=O) groups excluding carboxylic acids is 1. The van der Waals surface area contributed by atoms with Crippen LogP contribution in [-0.4, -0.2) is 27.4 Å². The van der Waals surface area contributed by atoms with E-state index in [0.29, 0.717) is 21.6 Å². The van der Waals surface area contributed by atoms with Gasteiger partial charge >= 0.3 is 6.18 Å². The lowest BCUT2D eigenvalue weighted by atomic mass is 10.1. The Hall–Kier alpha value is -3.63. The third-order valence-electron chi connectivity index (χ3n) is 4.82. The Bertz CT molecular complexity index is 1470. The van der Waals surface area contributed by atoms with Gasteiger partial charge in [0.25, 0.3) is 11.5 Å². The number of para-hydroxylation sites is 1. The molecule has 0 saturated heterocycles. The first kappa shape index (κ1) is 24.5. The van der Waals surface area contributed by atoms with Crippen molar-refractivity contribution in [3.63, 3.8) is 0 Å². The minimum Gasteiger partial charge on any atom is -0.272 e. The summed E-state index contributed by atoms with van der Waals surface area (Å²) in [6, 6.07) is 18.3. The Labute approximate surface area is 206 Å². The van der Waals surface area contributed by atoms with Gasteiger partial charge in [0.05, 0.1) is 34.1 Å². The molecule has 0 fully saturated rings. The number of fused-ring (bicyclic) bond motifs is 1. The van der Waals surface area contributed by atoms with Crippen molar-refractivity contribution in [3.05, 3.63) is 99.3 Å². The van der Waals surface area contributed by atoms with Gasteiger partial charge in [-0.3, -0.25) is 14.2 Å². The Morgan fingerprint density at radius 2 is 1.74 bits per heavy atom. The number of thioether (sulfide) groups is 1. The molecule has 0 saturated carbocycles.